The van der Waals surface area contributed by atoms with Crippen LogP contribution in [0.2, 0.25) is 0 Å². The van der Waals surface area contributed by atoms with Crippen molar-refractivity contribution >= 4 is 5.91 Å². The molecule has 3 rings (SSSR count). The molecule has 2 aromatic carbocycles. The highest BCUT2D eigenvalue weighted by Crippen LogP contribution is 2.33. The van der Waals surface area contributed by atoms with Gasteiger partial charge in [0.15, 0.2) is 11.5 Å². The summed E-state index contributed by atoms with van der Waals surface area (Å²) in [5.74, 6) is 1.99. The Hall–Kier alpha value is -2.69. The van der Waals surface area contributed by atoms with Crippen LogP contribution in [-0.2, 0) is 0 Å². The molecular weight excluding hydrogens is 342 g/mol. The minimum absolute atomic E-state index is 0.0570. The topological polar surface area (TPSA) is 56.8 Å². The molecule has 0 spiro atoms. The van der Waals surface area contributed by atoms with E-state index in [1.165, 1.54) is 0 Å². The van der Waals surface area contributed by atoms with Crippen molar-refractivity contribution in [2.24, 2.45) is 0 Å². The van der Waals surface area contributed by atoms with Crippen LogP contribution in [0.4, 0.5) is 0 Å². The first-order valence-electron chi connectivity index (χ1n) is 9.65. The predicted octanol–water partition coefficient (Wildman–Crippen LogP) is 4.52. The maximum atomic E-state index is 12.8. The lowest BCUT2D eigenvalue weighted by atomic mass is 10.00. The van der Waals surface area contributed by atoms with Crippen LogP contribution in [0.3, 0.4) is 0 Å². The summed E-state index contributed by atoms with van der Waals surface area (Å²) >= 11 is 0. The molecule has 0 saturated carbocycles. The fourth-order valence-electron chi connectivity index (χ4n) is 3.10. The van der Waals surface area contributed by atoms with E-state index >= 15 is 0 Å². The molecule has 1 amide bonds. The Labute approximate surface area is 160 Å². The Balaban J connectivity index is 1.74. The highest BCUT2D eigenvalue weighted by Gasteiger charge is 2.23. The van der Waals surface area contributed by atoms with Crippen LogP contribution >= 0.6 is 0 Å². The average Bonchev–Trinajstić information content (AvgIpc) is 2.69. The third-order valence-corrected chi connectivity index (χ3v) is 4.53. The van der Waals surface area contributed by atoms with Crippen LogP contribution in [0.15, 0.2) is 42.5 Å². The Bertz CT molecular complexity index is 775. The Morgan fingerprint density at radius 1 is 1.15 bits per heavy atom. The third kappa shape index (κ3) is 4.73. The summed E-state index contributed by atoms with van der Waals surface area (Å²) in [6, 6.07) is 13.1. The van der Waals surface area contributed by atoms with Gasteiger partial charge in [-0.2, -0.15) is 0 Å². The molecule has 0 bridgehead atoms. The number of unbranched alkanes of at least 4 members (excludes halogenated alkanes) is 1. The van der Waals surface area contributed by atoms with E-state index in [2.05, 4.69) is 12.2 Å². The number of carbonyl (C=O) groups is 1. The van der Waals surface area contributed by atoms with E-state index in [0.29, 0.717) is 36.9 Å². The second-order valence-electron chi connectivity index (χ2n) is 6.50. The number of carbonyl (C=O) groups excluding carboxylic acids is 1. The lowest BCUT2D eigenvalue weighted by Crippen LogP contribution is -2.32. The van der Waals surface area contributed by atoms with Gasteiger partial charge in [-0.25, -0.2) is 0 Å². The third-order valence-electron chi connectivity index (χ3n) is 4.53. The second kappa shape index (κ2) is 9.31. The Kier molecular flexibility index (Phi) is 6.58. The molecule has 1 aliphatic heterocycles. The van der Waals surface area contributed by atoms with Crippen molar-refractivity contribution in [3.8, 4) is 17.2 Å². The zero-order valence-electron chi connectivity index (χ0n) is 16.0. The zero-order valence-corrected chi connectivity index (χ0v) is 16.0. The summed E-state index contributed by atoms with van der Waals surface area (Å²) in [7, 11) is 0. The molecule has 0 fully saturated rings. The van der Waals surface area contributed by atoms with Crippen molar-refractivity contribution in [3.05, 3.63) is 53.6 Å². The van der Waals surface area contributed by atoms with Crippen molar-refractivity contribution < 1.29 is 19.0 Å². The molecule has 5 heteroatoms. The highest BCUT2D eigenvalue weighted by molar-refractivity contribution is 5.95. The molecule has 1 atom stereocenters. The average molecular weight is 369 g/mol. The number of hydrogen-bond donors (Lipinski definition) is 1. The maximum Gasteiger partial charge on any atom is 0.251 e. The normalized spacial score (nSPS) is 15.4. The van der Waals surface area contributed by atoms with Crippen molar-refractivity contribution in [2.45, 2.75) is 39.2 Å². The van der Waals surface area contributed by atoms with Crippen LogP contribution in [0.1, 0.15) is 55.1 Å². The molecule has 1 unspecified atom stereocenters. The van der Waals surface area contributed by atoms with E-state index in [4.69, 9.17) is 14.2 Å². The first-order chi connectivity index (χ1) is 13.2. The molecule has 1 N–H and O–H groups in total. The van der Waals surface area contributed by atoms with Crippen LogP contribution in [-0.4, -0.2) is 25.7 Å². The summed E-state index contributed by atoms with van der Waals surface area (Å²) in [5.41, 5.74) is 1.58. The summed E-state index contributed by atoms with van der Waals surface area (Å²) < 4.78 is 17.1. The quantitative estimate of drug-likeness (QED) is 0.695. The molecule has 0 radical (unpaired) electrons. The molecule has 1 heterocycles. The van der Waals surface area contributed by atoms with Gasteiger partial charge in [0.1, 0.15) is 5.75 Å². The number of nitrogens with one attached hydrogen (secondary N) is 1. The SMILES string of the molecule is CCCCOc1ccc(C(=O)NC2CCOc3ccccc32)cc1OCC. The summed E-state index contributed by atoms with van der Waals surface area (Å²) in [4.78, 5) is 12.8. The van der Waals surface area contributed by atoms with Gasteiger partial charge in [-0.05, 0) is 37.6 Å². The number of para-hydroxylation sites is 1. The molecule has 27 heavy (non-hydrogen) atoms. The smallest absolute Gasteiger partial charge is 0.251 e. The molecule has 0 aromatic heterocycles. The molecule has 0 saturated heterocycles. The van der Waals surface area contributed by atoms with Crippen LogP contribution in [0, 0.1) is 0 Å². The van der Waals surface area contributed by atoms with Crippen LogP contribution in [0.5, 0.6) is 17.2 Å². The lowest BCUT2D eigenvalue weighted by molar-refractivity contribution is 0.0924. The first-order valence-corrected chi connectivity index (χ1v) is 9.65. The molecule has 1 aliphatic rings. The van der Waals surface area contributed by atoms with Gasteiger partial charge in [-0.15, -0.1) is 0 Å². The van der Waals surface area contributed by atoms with Crippen LogP contribution < -0.4 is 19.5 Å². The molecular formula is C22H27NO4. The predicted molar refractivity (Wildman–Crippen MR) is 105 cm³/mol. The number of benzene rings is 2. The van der Waals surface area contributed by atoms with Gasteiger partial charge >= 0.3 is 0 Å². The minimum Gasteiger partial charge on any atom is -0.493 e. The second-order valence-corrected chi connectivity index (χ2v) is 6.50. The Morgan fingerprint density at radius 3 is 2.81 bits per heavy atom. The van der Waals surface area contributed by atoms with Crippen LogP contribution in [0.25, 0.3) is 0 Å². The number of hydrogen-bond acceptors (Lipinski definition) is 4. The Morgan fingerprint density at radius 2 is 2.00 bits per heavy atom. The van der Waals surface area contributed by atoms with Gasteiger partial charge in [0, 0.05) is 17.5 Å². The van der Waals surface area contributed by atoms with Gasteiger partial charge in [0.2, 0.25) is 0 Å². The number of fused-ring (bicyclic) bond motifs is 1. The van der Waals surface area contributed by atoms with E-state index in [9.17, 15) is 4.79 Å². The summed E-state index contributed by atoms with van der Waals surface area (Å²) in [5, 5.41) is 3.12. The summed E-state index contributed by atoms with van der Waals surface area (Å²) in [6.45, 7) is 5.79. The lowest BCUT2D eigenvalue weighted by Gasteiger charge is -2.26. The monoisotopic (exact) mass is 369 g/mol. The van der Waals surface area contributed by atoms with Gasteiger partial charge < -0.3 is 19.5 Å². The van der Waals surface area contributed by atoms with Crippen molar-refractivity contribution in [2.75, 3.05) is 19.8 Å². The molecule has 144 valence electrons. The van der Waals surface area contributed by atoms with Crippen molar-refractivity contribution in [1.82, 2.24) is 5.32 Å². The van der Waals surface area contributed by atoms with Gasteiger partial charge in [0.25, 0.3) is 5.91 Å². The van der Waals surface area contributed by atoms with Gasteiger partial charge in [0.05, 0.1) is 25.9 Å². The van der Waals surface area contributed by atoms with Gasteiger partial charge in [-0.3, -0.25) is 4.79 Å². The van der Waals surface area contributed by atoms with E-state index in [-0.39, 0.29) is 11.9 Å². The van der Waals surface area contributed by atoms with E-state index in [0.717, 1.165) is 30.6 Å². The van der Waals surface area contributed by atoms with E-state index in [1.807, 2.05) is 37.3 Å². The molecule has 5 nitrogen and oxygen atoms in total. The van der Waals surface area contributed by atoms with Crippen molar-refractivity contribution in [1.29, 1.82) is 0 Å². The first kappa shape index (κ1) is 19.1. The van der Waals surface area contributed by atoms with E-state index in [1.54, 1.807) is 12.1 Å². The fraction of sp³-hybridized carbons (Fsp3) is 0.409. The zero-order chi connectivity index (χ0) is 19.1. The standard InChI is InChI=1S/C22H27NO4/c1-3-5-13-26-20-11-10-16(15-21(20)25-4-2)22(24)23-18-12-14-27-19-9-7-6-8-17(18)19/h6-11,15,18H,3-5,12-14H2,1-2H3,(H,23,24). The summed E-state index contributed by atoms with van der Waals surface area (Å²) in [6.07, 6.45) is 2.80. The highest BCUT2D eigenvalue weighted by atomic mass is 16.5. The largest absolute Gasteiger partial charge is 0.493 e. The van der Waals surface area contributed by atoms with Crippen molar-refractivity contribution in [3.63, 3.8) is 0 Å². The van der Waals surface area contributed by atoms with E-state index < -0.39 is 0 Å². The number of rotatable bonds is 8. The van der Waals surface area contributed by atoms with Gasteiger partial charge in [-0.1, -0.05) is 31.5 Å². The molecule has 0 aliphatic carbocycles. The maximum absolute atomic E-state index is 12.8. The fourth-order valence-corrected chi connectivity index (χ4v) is 3.10. The number of ether oxygens (including phenoxy) is 3. The number of amides is 1. The molecule has 2 aromatic rings. The minimum atomic E-state index is -0.127.